The normalized spacial score (nSPS) is 10.3. The maximum Gasteiger partial charge on any atom is 0.339 e. The van der Waals surface area contributed by atoms with Gasteiger partial charge in [0.05, 0.1) is 6.61 Å². The first-order chi connectivity index (χ1) is 9.60. The van der Waals surface area contributed by atoms with Crippen molar-refractivity contribution in [1.29, 1.82) is 0 Å². The van der Waals surface area contributed by atoms with E-state index < -0.39 is 5.97 Å². The molecule has 0 amide bonds. The molecule has 0 aliphatic heterocycles. The van der Waals surface area contributed by atoms with Crippen LogP contribution in [0.25, 0.3) is 0 Å². The zero-order valence-electron chi connectivity index (χ0n) is 10.5. The highest BCUT2D eigenvalue weighted by Gasteiger charge is 2.11. The lowest BCUT2D eigenvalue weighted by Crippen LogP contribution is -2.03. The van der Waals surface area contributed by atoms with Crippen molar-refractivity contribution in [2.45, 2.75) is 13.2 Å². The number of aliphatic hydroxyl groups excluding tert-OH is 1. The fraction of sp³-hybridized carbons (Fsp3) is 0.133. The Bertz CT molecular complexity index is 608. The van der Waals surface area contributed by atoms with E-state index in [-0.39, 0.29) is 18.8 Å². The van der Waals surface area contributed by atoms with Gasteiger partial charge in [0.1, 0.15) is 17.9 Å². The molecule has 0 bridgehead atoms. The van der Waals surface area contributed by atoms with Crippen molar-refractivity contribution in [3.63, 3.8) is 0 Å². The summed E-state index contributed by atoms with van der Waals surface area (Å²) in [6.45, 7) is 0.262. The van der Waals surface area contributed by atoms with E-state index in [0.29, 0.717) is 5.75 Å². The molecule has 0 radical (unpaired) electrons. The van der Waals surface area contributed by atoms with Gasteiger partial charge in [0.2, 0.25) is 0 Å². The average Bonchev–Trinajstić information content (AvgIpc) is 2.45. The molecule has 0 fully saturated rings. The van der Waals surface area contributed by atoms with Crippen LogP contribution in [-0.4, -0.2) is 16.2 Å². The van der Waals surface area contributed by atoms with Gasteiger partial charge in [-0.2, -0.15) is 0 Å². The summed E-state index contributed by atoms with van der Waals surface area (Å²) in [6.07, 6.45) is 0. The van der Waals surface area contributed by atoms with Gasteiger partial charge in [-0.1, -0.05) is 40.2 Å². The van der Waals surface area contributed by atoms with Crippen LogP contribution < -0.4 is 4.74 Å². The van der Waals surface area contributed by atoms with E-state index in [1.165, 1.54) is 6.07 Å². The molecule has 2 aromatic carbocycles. The molecule has 104 valence electrons. The number of hydrogen-bond donors (Lipinski definition) is 2. The summed E-state index contributed by atoms with van der Waals surface area (Å²) in [5.74, 6) is -0.707. The SMILES string of the molecule is O=C(O)c1ccc(Br)cc1OCc1ccc(CO)cc1. The molecule has 0 atom stereocenters. The van der Waals surface area contributed by atoms with E-state index in [1.54, 1.807) is 24.3 Å². The van der Waals surface area contributed by atoms with Crippen LogP contribution in [0.3, 0.4) is 0 Å². The quantitative estimate of drug-likeness (QED) is 0.879. The Balaban J connectivity index is 2.13. The Kier molecular flexibility index (Phi) is 4.76. The molecular formula is C15H13BrO4. The van der Waals surface area contributed by atoms with Gasteiger partial charge in [-0.3, -0.25) is 0 Å². The first kappa shape index (κ1) is 14.6. The van der Waals surface area contributed by atoms with Crippen molar-refractivity contribution in [2.75, 3.05) is 0 Å². The van der Waals surface area contributed by atoms with E-state index in [4.69, 9.17) is 14.9 Å². The molecule has 0 unspecified atom stereocenters. The maximum atomic E-state index is 11.1. The lowest BCUT2D eigenvalue weighted by atomic mass is 10.1. The topological polar surface area (TPSA) is 66.8 Å². The summed E-state index contributed by atoms with van der Waals surface area (Å²) in [7, 11) is 0. The molecule has 0 spiro atoms. The highest BCUT2D eigenvalue weighted by Crippen LogP contribution is 2.24. The number of halogens is 1. The number of carboxylic acid groups (broad SMARTS) is 1. The lowest BCUT2D eigenvalue weighted by molar-refractivity contribution is 0.0691. The zero-order valence-corrected chi connectivity index (χ0v) is 12.1. The summed E-state index contributed by atoms with van der Waals surface area (Å²) in [4.78, 5) is 11.1. The smallest absolute Gasteiger partial charge is 0.339 e. The van der Waals surface area contributed by atoms with Gasteiger partial charge in [0.15, 0.2) is 0 Å². The summed E-state index contributed by atoms with van der Waals surface area (Å²) in [5, 5.41) is 18.1. The third-order valence-electron chi connectivity index (χ3n) is 2.77. The van der Waals surface area contributed by atoms with Crippen LogP contribution in [0.2, 0.25) is 0 Å². The zero-order chi connectivity index (χ0) is 14.5. The Labute approximate surface area is 124 Å². The molecule has 5 heteroatoms. The van der Waals surface area contributed by atoms with Gasteiger partial charge in [0, 0.05) is 4.47 Å². The van der Waals surface area contributed by atoms with Crippen LogP contribution in [0.15, 0.2) is 46.9 Å². The Morgan fingerprint density at radius 1 is 1.10 bits per heavy atom. The molecule has 0 aliphatic rings. The van der Waals surface area contributed by atoms with Gasteiger partial charge in [-0.15, -0.1) is 0 Å². The minimum atomic E-state index is -1.02. The van der Waals surface area contributed by atoms with E-state index in [9.17, 15) is 4.79 Å². The van der Waals surface area contributed by atoms with Gasteiger partial charge in [-0.25, -0.2) is 4.79 Å². The molecule has 0 aromatic heterocycles. The van der Waals surface area contributed by atoms with Crippen molar-refractivity contribution >= 4 is 21.9 Å². The minimum Gasteiger partial charge on any atom is -0.488 e. The summed E-state index contributed by atoms with van der Waals surface area (Å²) in [5.41, 5.74) is 1.85. The number of hydrogen-bond acceptors (Lipinski definition) is 3. The highest BCUT2D eigenvalue weighted by atomic mass is 79.9. The number of aromatic carboxylic acids is 1. The molecule has 2 rings (SSSR count). The summed E-state index contributed by atoms with van der Waals surface area (Å²) in [6, 6.07) is 12.1. The van der Waals surface area contributed by atoms with E-state index in [0.717, 1.165) is 15.6 Å². The predicted octanol–water partition coefficient (Wildman–Crippen LogP) is 3.22. The molecule has 0 saturated heterocycles. The van der Waals surface area contributed by atoms with Gasteiger partial charge in [0.25, 0.3) is 0 Å². The fourth-order valence-electron chi connectivity index (χ4n) is 1.69. The monoisotopic (exact) mass is 336 g/mol. The lowest BCUT2D eigenvalue weighted by Gasteiger charge is -2.10. The molecule has 0 aliphatic carbocycles. The second kappa shape index (κ2) is 6.54. The highest BCUT2D eigenvalue weighted by molar-refractivity contribution is 9.10. The Hall–Kier alpha value is -1.85. The van der Waals surface area contributed by atoms with Crippen LogP contribution >= 0.6 is 15.9 Å². The number of benzene rings is 2. The van der Waals surface area contributed by atoms with Crippen molar-refractivity contribution < 1.29 is 19.7 Å². The summed E-state index contributed by atoms with van der Waals surface area (Å²) < 4.78 is 6.32. The van der Waals surface area contributed by atoms with Crippen LogP contribution in [0.5, 0.6) is 5.75 Å². The third kappa shape index (κ3) is 3.59. The fourth-order valence-corrected chi connectivity index (χ4v) is 2.03. The molecule has 2 aromatic rings. The Morgan fingerprint density at radius 3 is 2.35 bits per heavy atom. The summed E-state index contributed by atoms with van der Waals surface area (Å²) >= 11 is 3.29. The second-order valence-corrected chi connectivity index (χ2v) is 5.12. The van der Waals surface area contributed by atoms with Crippen molar-refractivity contribution in [3.05, 3.63) is 63.6 Å². The van der Waals surface area contributed by atoms with Crippen molar-refractivity contribution in [3.8, 4) is 5.75 Å². The van der Waals surface area contributed by atoms with E-state index in [1.807, 2.05) is 12.1 Å². The number of aliphatic hydroxyl groups is 1. The number of ether oxygens (including phenoxy) is 1. The van der Waals surface area contributed by atoms with Crippen LogP contribution in [-0.2, 0) is 13.2 Å². The van der Waals surface area contributed by atoms with E-state index >= 15 is 0 Å². The van der Waals surface area contributed by atoms with Crippen molar-refractivity contribution in [1.82, 2.24) is 0 Å². The molecule has 4 nitrogen and oxygen atoms in total. The standard InChI is InChI=1S/C15H13BrO4/c16-12-5-6-13(15(18)19)14(7-12)20-9-11-3-1-10(8-17)2-4-11/h1-7,17H,8-9H2,(H,18,19). The van der Waals surface area contributed by atoms with Gasteiger partial charge >= 0.3 is 5.97 Å². The van der Waals surface area contributed by atoms with E-state index in [2.05, 4.69) is 15.9 Å². The first-order valence-electron chi connectivity index (χ1n) is 5.94. The molecule has 0 saturated carbocycles. The molecule has 20 heavy (non-hydrogen) atoms. The van der Waals surface area contributed by atoms with Crippen LogP contribution in [0.4, 0.5) is 0 Å². The second-order valence-electron chi connectivity index (χ2n) is 4.21. The van der Waals surface area contributed by atoms with Crippen LogP contribution in [0, 0.1) is 0 Å². The minimum absolute atomic E-state index is 0.00404. The molecule has 0 heterocycles. The van der Waals surface area contributed by atoms with Crippen molar-refractivity contribution in [2.24, 2.45) is 0 Å². The largest absolute Gasteiger partial charge is 0.488 e. The predicted molar refractivity (Wildman–Crippen MR) is 77.8 cm³/mol. The third-order valence-corrected chi connectivity index (χ3v) is 3.27. The first-order valence-corrected chi connectivity index (χ1v) is 6.74. The number of rotatable bonds is 5. The molecular weight excluding hydrogens is 324 g/mol. The van der Waals surface area contributed by atoms with Gasteiger partial charge in [-0.05, 0) is 29.3 Å². The van der Waals surface area contributed by atoms with Crippen LogP contribution in [0.1, 0.15) is 21.5 Å². The average molecular weight is 337 g/mol. The maximum absolute atomic E-state index is 11.1. The number of carbonyl (C=O) groups is 1. The molecule has 2 N–H and O–H groups in total. The Morgan fingerprint density at radius 2 is 1.75 bits per heavy atom. The van der Waals surface area contributed by atoms with Gasteiger partial charge < -0.3 is 14.9 Å². The number of carboxylic acids is 1.